The molecule has 0 fully saturated rings. The summed E-state index contributed by atoms with van der Waals surface area (Å²) in [5, 5.41) is 10.3. The van der Waals surface area contributed by atoms with E-state index >= 15 is 0 Å². The van der Waals surface area contributed by atoms with Gasteiger partial charge in [-0.05, 0) is 30.2 Å². The minimum absolute atomic E-state index is 0.0150. The first-order valence-corrected chi connectivity index (χ1v) is 7.10. The molecular formula is C16H12ClFN2O3. The molecule has 7 heteroatoms. The fourth-order valence-electron chi connectivity index (χ4n) is 2.43. The van der Waals surface area contributed by atoms with Crippen molar-refractivity contribution in [3.8, 4) is 5.75 Å². The van der Waals surface area contributed by atoms with Gasteiger partial charge in [0.05, 0.1) is 5.02 Å². The number of hydrogen-bond donors (Lipinski definition) is 2. The number of pyridine rings is 1. The van der Waals surface area contributed by atoms with Crippen LogP contribution in [0.1, 0.15) is 16.7 Å². The van der Waals surface area contributed by atoms with Crippen LogP contribution in [-0.4, -0.2) is 10.1 Å². The summed E-state index contributed by atoms with van der Waals surface area (Å²) in [7, 11) is 0. The summed E-state index contributed by atoms with van der Waals surface area (Å²) in [6.07, 6.45) is 1.39. The zero-order valence-electron chi connectivity index (χ0n) is 12.1. The number of anilines is 1. The second-order valence-electron chi connectivity index (χ2n) is 5.14. The van der Waals surface area contributed by atoms with Gasteiger partial charge in [0.25, 0.3) is 0 Å². The van der Waals surface area contributed by atoms with E-state index in [1.165, 1.54) is 24.4 Å². The molecule has 0 bridgehead atoms. The Morgan fingerprint density at radius 2 is 2.17 bits per heavy atom. The van der Waals surface area contributed by atoms with E-state index in [2.05, 4.69) is 4.98 Å². The van der Waals surface area contributed by atoms with Crippen LogP contribution in [0.25, 0.3) is 11.0 Å². The fourth-order valence-corrected chi connectivity index (χ4v) is 2.59. The van der Waals surface area contributed by atoms with Crippen molar-refractivity contribution in [1.82, 2.24) is 4.98 Å². The normalized spacial score (nSPS) is 11.1. The Kier molecular flexibility index (Phi) is 3.69. The van der Waals surface area contributed by atoms with Gasteiger partial charge in [-0.15, -0.1) is 0 Å². The van der Waals surface area contributed by atoms with E-state index in [0.29, 0.717) is 16.5 Å². The van der Waals surface area contributed by atoms with Crippen LogP contribution in [-0.2, 0) is 6.42 Å². The van der Waals surface area contributed by atoms with Gasteiger partial charge in [0.2, 0.25) is 0 Å². The van der Waals surface area contributed by atoms with Gasteiger partial charge in [-0.1, -0.05) is 11.6 Å². The number of halogens is 2. The standard InChI is InChI=1S/C16H12ClFN2O3/c1-7-9-5-11(17)12(21)6-13(9)23-16(22)10(7)4-8-2-3-20-15(19)14(8)18/h2-3,5-6,21H,4H2,1H3,(H2,19,20). The maximum atomic E-state index is 14.0. The number of aromatic nitrogens is 1. The molecule has 3 aromatic rings. The molecule has 0 aliphatic heterocycles. The van der Waals surface area contributed by atoms with Gasteiger partial charge < -0.3 is 15.3 Å². The van der Waals surface area contributed by atoms with Crippen LogP contribution in [0.15, 0.2) is 33.6 Å². The SMILES string of the molecule is Cc1c(Cc2ccnc(N)c2F)c(=O)oc2cc(O)c(Cl)cc12. The Morgan fingerprint density at radius 3 is 2.91 bits per heavy atom. The number of phenols is 1. The van der Waals surface area contributed by atoms with Crippen LogP contribution < -0.4 is 11.4 Å². The van der Waals surface area contributed by atoms with Gasteiger partial charge in [-0.25, -0.2) is 14.2 Å². The minimum Gasteiger partial charge on any atom is -0.506 e. The molecule has 0 saturated carbocycles. The number of fused-ring (bicyclic) bond motifs is 1. The summed E-state index contributed by atoms with van der Waals surface area (Å²) < 4.78 is 19.2. The Hall–Kier alpha value is -2.60. The topological polar surface area (TPSA) is 89.4 Å². The van der Waals surface area contributed by atoms with Crippen molar-refractivity contribution < 1.29 is 13.9 Å². The second kappa shape index (κ2) is 5.55. The molecule has 0 atom stereocenters. The van der Waals surface area contributed by atoms with Crippen molar-refractivity contribution in [2.75, 3.05) is 5.73 Å². The second-order valence-corrected chi connectivity index (χ2v) is 5.55. The highest BCUT2D eigenvalue weighted by Crippen LogP contribution is 2.31. The van der Waals surface area contributed by atoms with Gasteiger partial charge in [-0.2, -0.15) is 0 Å². The molecule has 118 valence electrons. The first-order chi connectivity index (χ1) is 10.9. The van der Waals surface area contributed by atoms with Crippen LogP contribution in [0.2, 0.25) is 5.02 Å². The highest BCUT2D eigenvalue weighted by Gasteiger charge is 2.16. The third-order valence-electron chi connectivity index (χ3n) is 3.72. The molecule has 0 aliphatic rings. The lowest BCUT2D eigenvalue weighted by Gasteiger charge is -2.10. The first kappa shape index (κ1) is 15.3. The first-order valence-electron chi connectivity index (χ1n) is 6.72. The van der Waals surface area contributed by atoms with E-state index < -0.39 is 11.4 Å². The van der Waals surface area contributed by atoms with Gasteiger partial charge in [0, 0.05) is 29.6 Å². The summed E-state index contributed by atoms with van der Waals surface area (Å²) in [6.45, 7) is 1.71. The zero-order chi connectivity index (χ0) is 16.7. The number of hydrogen-bond acceptors (Lipinski definition) is 5. The number of nitrogens with zero attached hydrogens (tertiary/aromatic N) is 1. The van der Waals surface area contributed by atoms with E-state index in [1.54, 1.807) is 6.92 Å². The van der Waals surface area contributed by atoms with Crippen LogP contribution >= 0.6 is 11.6 Å². The number of benzene rings is 1. The summed E-state index contributed by atoms with van der Waals surface area (Å²) in [6, 6.07) is 4.24. The lowest BCUT2D eigenvalue weighted by Crippen LogP contribution is -2.12. The molecule has 0 aliphatic carbocycles. The van der Waals surface area contributed by atoms with Crippen molar-refractivity contribution in [3.05, 3.63) is 62.3 Å². The average Bonchev–Trinajstić information content (AvgIpc) is 2.50. The Balaban J connectivity index is 2.20. The van der Waals surface area contributed by atoms with Gasteiger partial charge in [-0.3, -0.25) is 0 Å². The van der Waals surface area contributed by atoms with Crippen LogP contribution in [0.4, 0.5) is 10.2 Å². The quantitative estimate of drug-likeness (QED) is 0.703. The summed E-state index contributed by atoms with van der Waals surface area (Å²) in [5.74, 6) is -1.06. The van der Waals surface area contributed by atoms with E-state index in [1.807, 2.05) is 0 Å². The number of rotatable bonds is 2. The maximum absolute atomic E-state index is 14.0. The van der Waals surface area contributed by atoms with E-state index in [-0.39, 0.29) is 34.2 Å². The molecule has 0 radical (unpaired) electrons. The van der Waals surface area contributed by atoms with E-state index in [0.717, 1.165) is 0 Å². The van der Waals surface area contributed by atoms with E-state index in [4.69, 9.17) is 21.8 Å². The van der Waals surface area contributed by atoms with Crippen molar-refractivity contribution in [2.45, 2.75) is 13.3 Å². The van der Waals surface area contributed by atoms with Gasteiger partial charge in [0.1, 0.15) is 11.3 Å². The summed E-state index contributed by atoms with van der Waals surface area (Å²) in [4.78, 5) is 15.9. The molecular weight excluding hydrogens is 323 g/mol. The smallest absolute Gasteiger partial charge is 0.340 e. The monoisotopic (exact) mass is 334 g/mol. The van der Waals surface area contributed by atoms with Crippen LogP contribution in [0.5, 0.6) is 5.75 Å². The highest BCUT2D eigenvalue weighted by atomic mass is 35.5. The molecule has 23 heavy (non-hydrogen) atoms. The number of aromatic hydroxyl groups is 1. The molecule has 2 aromatic heterocycles. The lowest BCUT2D eigenvalue weighted by molar-refractivity contribution is 0.473. The van der Waals surface area contributed by atoms with Gasteiger partial charge >= 0.3 is 5.63 Å². The maximum Gasteiger partial charge on any atom is 0.340 e. The van der Waals surface area contributed by atoms with Crippen LogP contribution in [0, 0.1) is 12.7 Å². The predicted octanol–water partition coefficient (Wildman–Crippen LogP) is 3.17. The fraction of sp³-hybridized carbons (Fsp3) is 0.125. The van der Waals surface area contributed by atoms with E-state index in [9.17, 15) is 14.3 Å². The largest absolute Gasteiger partial charge is 0.506 e. The number of nitrogen functional groups attached to an aromatic ring is 1. The number of phenolic OH excluding ortho intramolecular Hbond substituents is 1. The minimum atomic E-state index is -0.657. The molecule has 0 spiro atoms. The van der Waals surface area contributed by atoms with Crippen molar-refractivity contribution >= 4 is 28.4 Å². The van der Waals surface area contributed by atoms with Gasteiger partial charge in [0.15, 0.2) is 11.6 Å². The molecule has 0 saturated heterocycles. The third-order valence-corrected chi connectivity index (χ3v) is 4.02. The molecule has 3 N–H and O–H groups in total. The Bertz CT molecular complexity index is 985. The van der Waals surface area contributed by atoms with Crippen molar-refractivity contribution in [2.24, 2.45) is 0 Å². The molecule has 3 rings (SSSR count). The number of nitrogens with two attached hydrogens (primary N) is 1. The lowest BCUT2D eigenvalue weighted by atomic mass is 10.00. The van der Waals surface area contributed by atoms with Crippen molar-refractivity contribution in [1.29, 1.82) is 0 Å². The van der Waals surface area contributed by atoms with Crippen molar-refractivity contribution in [3.63, 3.8) is 0 Å². The number of aryl methyl sites for hydroxylation is 1. The summed E-state index contributed by atoms with van der Waals surface area (Å²) >= 11 is 5.90. The Morgan fingerprint density at radius 1 is 1.43 bits per heavy atom. The predicted molar refractivity (Wildman–Crippen MR) is 85.3 cm³/mol. The van der Waals surface area contributed by atoms with Crippen LogP contribution in [0.3, 0.4) is 0 Å². The summed E-state index contributed by atoms with van der Waals surface area (Å²) in [5.41, 5.74) is 6.20. The molecule has 5 nitrogen and oxygen atoms in total. The molecule has 1 aromatic carbocycles. The molecule has 0 unspecified atom stereocenters. The highest BCUT2D eigenvalue weighted by molar-refractivity contribution is 6.32. The molecule has 2 heterocycles. The Labute approximate surface area is 135 Å². The molecule has 0 amide bonds. The zero-order valence-corrected chi connectivity index (χ0v) is 12.8. The third kappa shape index (κ3) is 2.61. The average molecular weight is 335 g/mol.